The zero-order valence-electron chi connectivity index (χ0n) is 15.6. The van der Waals surface area contributed by atoms with Crippen molar-refractivity contribution in [2.75, 3.05) is 33.0 Å². The van der Waals surface area contributed by atoms with Gasteiger partial charge in [-0.1, -0.05) is 12.1 Å². The highest BCUT2D eigenvalue weighted by molar-refractivity contribution is 5.98. The van der Waals surface area contributed by atoms with Crippen molar-refractivity contribution in [2.45, 2.75) is 24.5 Å². The molecule has 8 nitrogen and oxygen atoms in total. The zero-order chi connectivity index (χ0) is 19.1. The number of hydrogen-bond donors (Lipinski definition) is 1. The van der Waals surface area contributed by atoms with Crippen LogP contribution in [0.15, 0.2) is 36.9 Å². The number of benzene rings is 1. The molecule has 3 fully saturated rings. The average molecular weight is 384 g/mol. The van der Waals surface area contributed by atoms with Crippen molar-refractivity contribution in [3.05, 3.63) is 42.5 Å². The number of aromatic nitrogens is 3. The van der Waals surface area contributed by atoms with Crippen molar-refractivity contribution in [3.8, 4) is 5.69 Å². The lowest BCUT2D eigenvalue weighted by Gasteiger charge is -2.57. The minimum atomic E-state index is -0.825. The fourth-order valence-corrected chi connectivity index (χ4v) is 5.05. The first-order valence-electron chi connectivity index (χ1n) is 9.81. The molecule has 0 aliphatic carbocycles. The summed E-state index contributed by atoms with van der Waals surface area (Å²) in [6, 6.07) is 7.46. The molecule has 148 valence electrons. The van der Waals surface area contributed by atoms with Gasteiger partial charge in [0.05, 0.1) is 30.1 Å². The second-order valence-electron chi connectivity index (χ2n) is 7.89. The number of fused-ring (bicyclic) bond motifs is 3. The van der Waals surface area contributed by atoms with Crippen molar-refractivity contribution in [1.82, 2.24) is 19.7 Å². The van der Waals surface area contributed by atoms with Crippen LogP contribution in [0.25, 0.3) is 5.69 Å². The summed E-state index contributed by atoms with van der Waals surface area (Å²) in [4.78, 5) is 15.6. The Labute approximate surface area is 163 Å². The van der Waals surface area contributed by atoms with Gasteiger partial charge in [-0.15, -0.1) is 10.2 Å². The number of carbonyl (C=O) groups excluding carboxylic acids is 1. The van der Waals surface area contributed by atoms with Crippen LogP contribution in [-0.4, -0.2) is 75.3 Å². The second-order valence-corrected chi connectivity index (χ2v) is 7.89. The van der Waals surface area contributed by atoms with Crippen LogP contribution in [0.5, 0.6) is 0 Å². The maximum atomic E-state index is 13.7. The molecule has 4 atom stereocenters. The van der Waals surface area contributed by atoms with Gasteiger partial charge < -0.3 is 19.5 Å². The summed E-state index contributed by atoms with van der Waals surface area (Å²) >= 11 is 0. The molecular weight excluding hydrogens is 360 g/mol. The standard InChI is InChI=1S/C20H24N4O4/c25-19(15-3-1-2-4-17(15)23-12-21-22-13-23)24-9-14-10-28-8-6-20(14,26)16-11-27-7-5-18(16)24/h1-4,12-14,16,18,26H,5-11H2/t14-,16+,18-,20-/m0/s1. The first kappa shape index (κ1) is 17.8. The summed E-state index contributed by atoms with van der Waals surface area (Å²) in [7, 11) is 0. The highest BCUT2D eigenvalue weighted by Crippen LogP contribution is 2.44. The number of amides is 1. The van der Waals surface area contributed by atoms with Gasteiger partial charge in [0.1, 0.15) is 12.7 Å². The van der Waals surface area contributed by atoms with E-state index in [2.05, 4.69) is 10.2 Å². The lowest BCUT2D eigenvalue weighted by atomic mass is 9.66. The number of ether oxygens (including phenoxy) is 2. The molecule has 1 aromatic carbocycles. The van der Waals surface area contributed by atoms with Gasteiger partial charge in [-0.25, -0.2) is 0 Å². The number of nitrogens with zero attached hydrogens (tertiary/aromatic N) is 4. The van der Waals surface area contributed by atoms with Gasteiger partial charge in [-0.3, -0.25) is 9.36 Å². The minimum absolute atomic E-state index is 0.0328. The first-order valence-corrected chi connectivity index (χ1v) is 9.81. The van der Waals surface area contributed by atoms with E-state index < -0.39 is 5.60 Å². The molecule has 2 aromatic rings. The summed E-state index contributed by atoms with van der Waals surface area (Å²) in [6.07, 6.45) is 4.52. The van der Waals surface area contributed by atoms with E-state index in [0.29, 0.717) is 45.0 Å². The Morgan fingerprint density at radius 1 is 1.14 bits per heavy atom. The van der Waals surface area contributed by atoms with Gasteiger partial charge >= 0.3 is 0 Å². The van der Waals surface area contributed by atoms with Crippen LogP contribution in [-0.2, 0) is 9.47 Å². The van der Waals surface area contributed by atoms with E-state index in [1.807, 2.05) is 29.2 Å². The van der Waals surface area contributed by atoms with Crippen LogP contribution in [0.4, 0.5) is 0 Å². The molecule has 5 rings (SSSR count). The van der Waals surface area contributed by atoms with E-state index in [1.54, 1.807) is 17.2 Å². The predicted molar refractivity (Wildman–Crippen MR) is 99.0 cm³/mol. The highest BCUT2D eigenvalue weighted by atomic mass is 16.5. The summed E-state index contributed by atoms with van der Waals surface area (Å²) in [5, 5.41) is 19.2. The monoisotopic (exact) mass is 384 g/mol. The number of carbonyl (C=O) groups is 1. The van der Waals surface area contributed by atoms with Crippen molar-refractivity contribution < 1.29 is 19.4 Å². The van der Waals surface area contributed by atoms with Gasteiger partial charge in [0.25, 0.3) is 5.91 Å². The molecule has 3 aliphatic rings. The molecule has 3 saturated heterocycles. The SMILES string of the molecule is O=C(c1ccccc1-n1cnnc1)N1C[C@H]2COCC[C@@]2(O)[C@@H]2COCC[C@@H]21. The Hall–Kier alpha value is -2.29. The fraction of sp³-hybridized carbons (Fsp3) is 0.550. The molecule has 0 bridgehead atoms. The lowest BCUT2D eigenvalue weighted by Crippen LogP contribution is -2.68. The maximum absolute atomic E-state index is 13.7. The number of rotatable bonds is 2. The van der Waals surface area contributed by atoms with Crippen LogP contribution in [0.1, 0.15) is 23.2 Å². The molecule has 3 aliphatic heterocycles. The molecular formula is C20H24N4O4. The van der Waals surface area contributed by atoms with E-state index in [-0.39, 0.29) is 23.8 Å². The molecule has 1 aromatic heterocycles. The number of likely N-dealkylation sites (tertiary alicyclic amines) is 1. The van der Waals surface area contributed by atoms with E-state index >= 15 is 0 Å². The smallest absolute Gasteiger partial charge is 0.256 e. The van der Waals surface area contributed by atoms with E-state index in [0.717, 1.165) is 12.1 Å². The van der Waals surface area contributed by atoms with E-state index in [1.165, 1.54) is 0 Å². The Kier molecular flexibility index (Phi) is 4.41. The van der Waals surface area contributed by atoms with Gasteiger partial charge in [-0.05, 0) is 18.6 Å². The van der Waals surface area contributed by atoms with Crippen molar-refractivity contribution in [2.24, 2.45) is 11.8 Å². The zero-order valence-corrected chi connectivity index (χ0v) is 15.6. The van der Waals surface area contributed by atoms with Gasteiger partial charge in [0.15, 0.2) is 0 Å². The van der Waals surface area contributed by atoms with Gasteiger partial charge in [0.2, 0.25) is 0 Å². The third-order valence-electron chi connectivity index (χ3n) is 6.54. The lowest BCUT2D eigenvalue weighted by molar-refractivity contribution is -0.212. The Balaban J connectivity index is 1.52. The normalized spacial score (nSPS) is 32.5. The summed E-state index contributed by atoms with van der Waals surface area (Å²) in [5.74, 6) is -0.223. The quantitative estimate of drug-likeness (QED) is 0.827. The van der Waals surface area contributed by atoms with Gasteiger partial charge in [-0.2, -0.15) is 0 Å². The highest BCUT2D eigenvalue weighted by Gasteiger charge is 2.56. The fourth-order valence-electron chi connectivity index (χ4n) is 5.05. The largest absolute Gasteiger partial charge is 0.389 e. The molecule has 4 heterocycles. The maximum Gasteiger partial charge on any atom is 0.256 e. The van der Waals surface area contributed by atoms with Crippen LogP contribution in [0, 0.1) is 11.8 Å². The third kappa shape index (κ3) is 2.75. The molecule has 8 heteroatoms. The summed E-state index contributed by atoms with van der Waals surface area (Å²) in [5.41, 5.74) is 0.532. The predicted octanol–water partition coefficient (Wildman–Crippen LogP) is 0.896. The van der Waals surface area contributed by atoms with Crippen LogP contribution in [0.2, 0.25) is 0 Å². The first-order chi connectivity index (χ1) is 13.7. The number of piperidine rings is 1. The molecule has 0 unspecified atom stereocenters. The summed E-state index contributed by atoms with van der Waals surface area (Å²) in [6.45, 7) is 2.61. The van der Waals surface area contributed by atoms with E-state index in [9.17, 15) is 9.90 Å². The Morgan fingerprint density at radius 3 is 2.79 bits per heavy atom. The Bertz CT molecular complexity index is 858. The van der Waals surface area contributed by atoms with Crippen LogP contribution >= 0.6 is 0 Å². The molecule has 1 N–H and O–H groups in total. The molecule has 1 amide bonds. The second kappa shape index (κ2) is 6.95. The van der Waals surface area contributed by atoms with E-state index in [4.69, 9.17) is 9.47 Å². The summed E-state index contributed by atoms with van der Waals surface area (Å²) < 4.78 is 13.1. The Morgan fingerprint density at radius 2 is 1.93 bits per heavy atom. The van der Waals surface area contributed by atoms with Crippen LogP contribution < -0.4 is 0 Å². The topological polar surface area (TPSA) is 89.7 Å². The number of hydrogen-bond acceptors (Lipinski definition) is 6. The minimum Gasteiger partial charge on any atom is -0.389 e. The molecule has 0 radical (unpaired) electrons. The van der Waals surface area contributed by atoms with Gasteiger partial charge in [0, 0.05) is 44.1 Å². The molecule has 0 spiro atoms. The molecule has 28 heavy (non-hydrogen) atoms. The van der Waals surface area contributed by atoms with Crippen molar-refractivity contribution in [3.63, 3.8) is 0 Å². The third-order valence-corrected chi connectivity index (χ3v) is 6.54. The van der Waals surface area contributed by atoms with Crippen molar-refractivity contribution in [1.29, 1.82) is 0 Å². The average Bonchev–Trinajstić information content (AvgIpc) is 3.28. The van der Waals surface area contributed by atoms with Crippen molar-refractivity contribution >= 4 is 5.91 Å². The number of para-hydroxylation sites is 1. The van der Waals surface area contributed by atoms with Crippen LogP contribution in [0.3, 0.4) is 0 Å². The molecule has 0 saturated carbocycles. The number of aliphatic hydroxyl groups is 1.